The number of benzene rings is 1. The molecule has 2 atom stereocenters. The lowest BCUT2D eigenvalue weighted by atomic mass is 9.97. The first-order chi connectivity index (χ1) is 9.25. The minimum atomic E-state index is -0.707. The molecule has 1 aromatic carbocycles. The summed E-state index contributed by atoms with van der Waals surface area (Å²) in [6, 6.07) is 7.99. The quantitative estimate of drug-likeness (QED) is 0.902. The van der Waals surface area contributed by atoms with Crippen LogP contribution in [0.5, 0.6) is 0 Å². The van der Waals surface area contributed by atoms with Crippen molar-refractivity contribution < 1.29 is 14.6 Å². The van der Waals surface area contributed by atoms with Gasteiger partial charge in [-0.1, -0.05) is 24.3 Å². The molecule has 0 spiro atoms. The highest BCUT2D eigenvalue weighted by molar-refractivity contribution is 5.73. The average molecular weight is 261 g/mol. The highest BCUT2D eigenvalue weighted by Gasteiger charge is 2.33. The van der Waals surface area contributed by atoms with Gasteiger partial charge in [-0.15, -0.1) is 0 Å². The van der Waals surface area contributed by atoms with Crippen molar-refractivity contribution in [1.82, 2.24) is 4.90 Å². The van der Waals surface area contributed by atoms with Crippen LogP contribution in [0.2, 0.25) is 0 Å². The van der Waals surface area contributed by atoms with Crippen molar-refractivity contribution in [3.8, 4) is 0 Å². The van der Waals surface area contributed by atoms with Gasteiger partial charge in [0.05, 0.1) is 12.7 Å². The van der Waals surface area contributed by atoms with E-state index in [1.807, 2.05) is 6.07 Å². The van der Waals surface area contributed by atoms with Crippen LogP contribution < -0.4 is 0 Å². The van der Waals surface area contributed by atoms with Crippen LogP contribution in [-0.4, -0.2) is 41.7 Å². The maximum Gasteiger partial charge on any atom is 0.320 e. The maximum absolute atomic E-state index is 11.2. The van der Waals surface area contributed by atoms with Crippen molar-refractivity contribution in [1.29, 1.82) is 0 Å². The molecule has 0 amide bonds. The van der Waals surface area contributed by atoms with E-state index in [0.29, 0.717) is 6.54 Å². The molecule has 4 nitrogen and oxygen atoms in total. The molecule has 1 N–H and O–H groups in total. The lowest BCUT2D eigenvalue weighted by Crippen LogP contribution is -2.39. The normalized spacial score (nSPS) is 27.2. The van der Waals surface area contributed by atoms with Crippen molar-refractivity contribution in [3.63, 3.8) is 0 Å². The van der Waals surface area contributed by atoms with Crippen LogP contribution >= 0.6 is 0 Å². The summed E-state index contributed by atoms with van der Waals surface area (Å²) in [7, 11) is 0. The third-order valence-corrected chi connectivity index (χ3v) is 4.14. The molecule has 19 heavy (non-hydrogen) atoms. The zero-order valence-corrected chi connectivity index (χ0v) is 10.9. The van der Waals surface area contributed by atoms with E-state index >= 15 is 0 Å². The second-order valence-corrected chi connectivity index (χ2v) is 5.30. The van der Waals surface area contributed by atoms with Gasteiger partial charge in [-0.05, 0) is 36.9 Å². The summed E-state index contributed by atoms with van der Waals surface area (Å²) in [5, 5.41) is 9.23. The van der Waals surface area contributed by atoms with Crippen LogP contribution in [0.25, 0.3) is 0 Å². The summed E-state index contributed by atoms with van der Waals surface area (Å²) < 4.78 is 5.86. The van der Waals surface area contributed by atoms with Crippen molar-refractivity contribution in [2.45, 2.75) is 31.4 Å². The summed E-state index contributed by atoms with van der Waals surface area (Å²) in [6.45, 7) is 2.28. The molecule has 3 rings (SSSR count). The highest BCUT2D eigenvalue weighted by atomic mass is 16.5. The van der Waals surface area contributed by atoms with Gasteiger partial charge in [0, 0.05) is 6.54 Å². The van der Waals surface area contributed by atoms with E-state index in [4.69, 9.17) is 4.74 Å². The molecular formula is C15H19NO3. The number of aliphatic carboxylic acids is 1. The minimum Gasteiger partial charge on any atom is -0.480 e. The topological polar surface area (TPSA) is 49.8 Å². The Balaban J connectivity index is 1.76. The second kappa shape index (κ2) is 5.31. The molecule has 2 aliphatic heterocycles. The Bertz CT molecular complexity index is 474. The Morgan fingerprint density at radius 3 is 3.11 bits per heavy atom. The predicted molar refractivity (Wildman–Crippen MR) is 71.1 cm³/mol. The number of fused-ring (bicyclic) bond motifs is 1. The zero-order chi connectivity index (χ0) is 13.2. The van der Waals surface area contributed by atoms with Gasteiger partial charge in [-0.3, -0.25) is 9.69 Å². The van der Waals surface area contributed by atoms with Crippen molar-refractivity contribution >= 4 is 5.97 Å². The molecule has 102 valence electrons. The van der Waals surface area contributed by atoms with Gasteiger partial charge in [0.2, 0.25) is 0 Å². The average Bonchev–Trinajstić information content (AvgIpc) is 2.87. The summed E-state index contributed by atoms with van der Waals surface area (Å²) in [5.74, 6) is -0.707. The number of nitrogens with zero attached hydrogens (tertiary/aromatic N) is 1. The largest absolute Gasteiger partial charge is 0.480 e. The zero-order valence-electron chi connectivity index (χ0n) is 10.9. The number of likely N-dealkylation sites (tertiary alicyclic amines) is 1. The third-order valence-electron chi connectivity index (χ3n) is 4.14. The smallest absolute Gasteiger partial charge is 0.320 e. The lowest BCUT2D eigenvalue weighted by Gasteiger charge is -2.31. The molecule has 4 heteroatoms. The van der Waals surface area contributed by atoms with E-state index in [0.717, 1.165) is 32.4 Å². The maximum atomic E-state index is 11.2. The first-order valence-corrected chi connectivity index (χ1v) is 6.92. The fourth-order valence-corrected chi connectivity index (χ4v) is 3.17. The van der Waals surface area contributed by atoms with E-state index in [9.17, 15) is 9.90 Å². The van der Waals surface area contributed by atoms with Crippen molar-refractivity contribution in [3.05, 3.63) is 35.4 Å². The summed E-state index contributed by atoms with van der Waals surface area (Å²) in [6.07, 6.45) is 2.69. The Labute approximate surface area is 113 Å². The SMILES string of the molecule is O=C(O)C1CCCN1CC1OCCc2ccccc21. The van der Waals surface area contributed by atoms with Gasteiger partial charge in [0.25, 0.3) is 0 Å². The van der Waals surface area contributed by atoms with E-state index in [1.165, 1.54) is 11.1 Å². The van der Waals surface area contributed by atoms with Gasteiger partial charge < -0.3 is 9.84 Å². The summed E-state index contributed by atoms with van der Waals surface area (Å²) in [4.78, 5) is 13.3. The van der Waals surface area contributed by atoms with Crippen LogP contribution in [0.1, 0.15) is 30.1 Å². The Morgan fingerprint density at radius 2 is 2.26 bits per heavy atom. The number of carboxylic acids is 1. The number of hydrogen-bond acceptors (Lipinski definition) is 3. The molecule has 0 saturated carbocycles. The fourth-order valence-electron chi connectivity index (χ4n) is 3.17. The number of hydrogen-bond donors (Lipinski definition) is 1. The van der Waals surface area contributed by atoms with E-state index in [2.05, 4.69) is 23.1 Å². The molecule has 2 heterocycles. The number of carbonyl (C=O) groups is 1. The molecule has 0 bridgehead atoms. The van der Waals surface area contributed by atoms with Gasteiger partial charge >= 0.3 is 5.97 Å². The molecule has 2 aliphatic rings. The van der Waals surface area contributed by atoms with Gasteiger partial charge in [0.1, 0.15) is 6.04 Å². The third kappa shape index (κ3) is 2.51. The molecule has 2 unspecified atom stereocenters. The number of ether oxygens (including phenoxy) is 1. The Hall–Kier alpha value is -1.39. The Morgan fingerprint density at radius 1 is 1.42 bits per heavy atom. The summed E-state index contributed by atoms with van der Waals surface area (Å²) >= 11 is 0. The van der Waals surface area contributed by atoms with Crippen LogP contribution in [0, 0.1) is 0 Å². The molecule has 0 aromatic heterocycles. The van der Waals surface area contributed by atoms with Gasteiger partial charge in [-0.25, -0.2) is 0 Å². The van der Waals surface area contributed by atoms with E-state index in [-0.39, 0.29) is 12.1 Å². The number of rotatable bonds is 3. The van der Waals surface area contributed by atoms with E-state index < -0.39 is 5.97 Å². The minimum absolute atomic E-state index is 0.0184. The van der Waals surface area contributed by atoms with Gasteiger partial charge in [0.15, 0.2) is 0 Å². The molecule has 1 fully saturated rings. The van der Waals surface area contributed by atoms with Crippen LogP contribution in [0.3, 0.4) is 0 Å². The lowest BCUT2D eigenvalue weighted by molar-refractivity contribution is -0.142. The molecule has 0 radical (unpaired) electrons. The molecule has 1 saturated heterocycles. The van der Waals surface area contributed by atoms with E-state index in [1.54, 1.807) is 0 Å². The molecule has 0 aliphatic carbocycles. The monoisotopic (exact) mass is 261 g/mol. The molecular weight excluding hydrogens is 242 g/mol. The second-order valence-electron chi connectivity index (χ2n) is 5.30. The van der Waals surface area contributed by atoms with Crippen LogP contribution in [0.15, 0.2) is 24.3 Å². The Kier molecular flexibility index (Phi) is 3.53. The van der Waals surface area contributed by atoms with Crippen molar-refractivity contribution in [2.24, 2.45) is 0 Å². The van der Waals surface area contributed by atoms with Gasteiger partial charge in [-0.2, -0.15) is 0 Å². The van der Waals surface area contributed by atoms with Crippen molar-refractivity contribution in [2.75, 3.05) is 19.7 Å². The van der Waals surface area contributed by atoms with Crippen LogP contribution in [0.4, 0.5) is 0 Å². The highest BCUT2D eigenvalue weighted by Crippen LogP contribution is 2.30. The first kappa shape index (κ1) is 12.6. The van der Waals surface area contributed by atoms with Crippen LogP contribution in [-0.2, 0) is 16.0 Å². The predicted octanol–water partition coefficient (Wildman–Crippen LogP) is 1.85. The molecule has 1 aromatic rings. The summed E-state index contributed by atoms with van der Waals surface area (Å²) in [5.41, 5.74) is 2.56. The fraction of sp³-hybridized carbons (Fsp3) is 0.533. The first-order valence-electron chi connectivity index (χ1n) is 6.92. The standard InChI is InChI=1S/C15H19NO3/c17-15(18)13-6-3-8-16(13)10-14-12-5-2-1-4-11(12)7-9-19-14/h1-2,4-5,13-14H,3,6-10H2,(H,17,18). The number of carboxylic acid groups (broad SMARTS) is 1.